The van der Waals surface area contributed by atoms with Crippen LogP contribution in [0.4, 0.5) is 0 Å². The highest BCUT2D eigenvalue weighted by atomic mass is 16.2. The van der Waals surface area contributed by atoms with Gasteiger partial charge in [0.25, 0.3) is 0 Å². The number of Topliss-reactive ketones (excluding diaryl/α,β-unsaturated/α-hetero) is 1. The maximum absolute atomic E-state index is 13.1. The number of likely N-dealkylation sites (tertiary alicyclic amines) is 1. The van der Waals surface area contributed by atoms with Gasteiger partial charge in [-0.25, -0.2) is 0 Å². The number of ketones is 1. The average Bonchev–Trinajstić information content (AvgIpc) is 2.67. The minimum Gasteiger partial charge on any atom is -0.370 e. The van der Waals surface area contributed by atoms with Crippen LogP contribution in [0.3, 0.4) is 0 Å². The Hall–Kier alpha value is -1.62. The molecule has 1 N–H and O–H groups in total. The first-order valence-corrected chi connectivity index (χ1v) is 11.5. The first-order chi connectivity index (χ1) is 13.9. The van der Waals surface area contributed by atoms with Gasteiger partial charge in [-0.05, 0) is 57.1 Å². The highest BCUT2D eigenvalue weighted by Gasteiger charge is 2.33. The topological polar surface area (TPSA) is 52.7 Å². The number of rotatable bonds is 10. The van der Waals surface area contributed by atoms with Crippen LogP contribution in [0.1, 0.15) is 67.7 Å². The second kappa shape index (κ2) is 11.7. The lowest BCUT2D eigenvalue weighted by molar-refractivity contribution is -0.128. The highest BCUT2D eigenvalue weighted by molar-refractivity contribution is 5.92. The van der Waals surface area contributed by atoms with E-state index < -0.39 is 0 Å². The number of allylic oxidation sites excluding steroid dienone is 1. The third-order valence-electron chi connectivity index (χ3n) is 6.69. The molecule has 1 fully saturated rings. The fourth-order valence-corrected chi connectivity index (χ4v) is 4.32. The van der Waals surface area contributed by atoms with E-state index in [1.165, 1.54) is 6.42 Å². The molecule has 0 radical (unpaired) electrons. The molecule has 0 aromatic carbocycles. The first kappa shape index (κ1) is 26.4. The van der Waals surface area contributed by atoms with Crippen molar-refractivity contribution in [2.45, 2.75) is 85.9 Å². The fraction of sp³-hybridized carbons (Fsp3) is 0.760. The Kier molecular flexibility index (Phi) is 10.3. The van der Waals surface area contributed by atoms with Crippen LogP contribution >= 0.6 is 0 Å². The molecule has 5 nitrogen and oxygen atoms in total. The van der Waals surface area contributed by atoms with Crippen LogP contribution in [0, 0.1) is 17.8 Å². The van der Waals surface area contributed by atoms with Crippen LogP contribution in [0.15, 0.2) is 23.9 Å². The van der Waals surface area contributed by atoms with Crippen molar-refractivity contribution < 1.29 is 9.59 Å². The molecule has 0 bridgehead atoms. The van der Waals surface area contributed by atoms with Gasteiger partial charge in [0.1, 0.15) is 0 Å². The molecule has 4 atom stereocenters. The highest BCUT2D eigenvalue weighted by Crippen LogP contribution is 2.25. The molecule has 0 aromatic rings. The smallest absolute Gasteiger partial charge is 0.237 e. The Morgan fingerprint density at radius 3 is 2.20 bits per heavy atom. The van der Waals surface area contributed by atoms with Crippen LogP contribution in [0.2, 0.25) is 0 Å². The van der Waals surface area contributed by atoms with Crippen molar-refractivity contribution in [3.63, 3.8) is 0 Å². The molecule has 1 saturated heterocycles. The van der Waals surface area contributed by atoms with Gasteiger partial charge in [-0.1, -0.05) is 53.7 Å². The molecule has 1 heterocycles. The summed E-state index contributed by atoms with van der Waals surface area (Å²) in [7, 11) is 4.07. The van der Waals surface area contributed by atoms with Gasteiger partial charge >= 0.3 is 0 Å². The molecule has 30 heavy (non-hydrogen) atoms. The predicted molar refractivity (Wildman–Crippen MR) is 126 cm³/mol. The summed E-state index contributed by atoms with van der Waals surface area (Å²) in [4.78, 5) is 29.2. The van der Waals surface area contributed by atoms with Crippen LogP contribution in [-0.4, -0.2) is 60.3 Å². The second-order valence-corrected chi connectivity index (χ2v) is 9.78. The molecule has 1 aliphatic rings. The minimum absolute atomic E-state index is 0.0437. The Balaban J connectivity index is 2.97. The molecule has 1 aliphatic heterocycles. The van der Waals surface area contributed by atoms with Gasteiger partial charge in [0.2, 0.25) is 5.91 Å². The van der Waals surface area contributed by atoms with Gasteiger partial charge in [0, 0.05) is 25.3 Å². The standard InChI is InChI=1S/C25H45N3O2/c1-11-21-12-13-22(27(9)15-21)25(30)26-24(17(4)5)19(7)28(10)23(16(2)3)14-18(6)20(8)29/h14,16-17,21-24H,7,11-13,15H2,1-6,8-10H3,(H,26,30)/b18-14+. The minimum atomic E-state index is -0.146. The summed E-state index contributed by atoms with van der Waals surface area (Å²) in [6.07, 6.45) is 5.20. The Bertz CT molecular complexity index is 638. The van der Waals surface area contributed by atoms with Gasteiger partial charge in [-0.2, -0.15) is 0 Å². The summed E-state index contributed by atoms with van der Waals surface area (Å²) in [5.41, 5.74) is 1.64. The third-order valence-corrected chi connectivity index (χ3v) is 6.69. The van der Waals surface area contributed by atoms with E-state index in [9.17, 15) is 9.59 Å². The van der Waals surface area contributed by atoms with Crippen LogP contribution < -0.4 is 5.32 Å². The van der Waals surface area contributed by atoms with Crippen molar-refractivity contribution in [1.29, 1.82) is 0 Å². The number of likely N-dealkylation sites (N-methyl/N-ethyl adjacent to an activating group) is 2. The van der Waals surface area contributed by atoms with E-state index in [1.807, 2.05) is 20.0 Å². The molecule has 4 unspecified atom stereocenters. The zero-order valence-corrected chi connectivity index (χ0v) is 20.8. The summed E-state index contributed by atoms with van der Waals surface area (Å²) in [5, 5.41) is 3.29. The summed E-state index contributed by atoms with van der Waals surface area (Å²) in [6.45, 7) is 19.5. The normalized spacial score (nSPS) is 22.7. The lowest BCUT2D eigenvalue weighted by Crippen LogP contribution is -2.54. The molecule has 0 aromatic heterocycles. The summed E-state index contributed by atoms with van der Waals surface area (Å²) >= 11 is 0. The molecule has 1 rings (SSSR count). The predicted octanol–water partition coefficient (Wildman–Crippen LogP) is 4.25. The largest absolute Gasteiger partial charge is 0.370 e. The second-order valence-electron chi connectivity index (χ2n) is 9.78. The van der Waals surface area contributed by atoms with Crippen molar-refractivity contribution >= 4 is 11.7 Å². The van der Waals surface area contributed by atoms with Crippen molar-refractivity contribution in [3.05, 3.63) is 23.9 Å². The third kappa shape index (κ3) is 6.97. The Morgan fingerprint density at radius 2 is 1.77 bits per heavy atom. The number of hydrogen-bond donors (Lipinski definition) is 1. The molecular formula is C25H45N3O2. The van der Waals surface area contributed by atoms with Crippen molar-refractivity contribution in [1.82, 2.24) is 15.1 Å². The van der Waals surface area contributed by atoms with Gasteiger partial charge in [0.15, 0.2) is 5.78 Å². The van der Waals surface area contributed by atoms with E-state index >= 15 is 0 Å². The molecule has 5 heteroatoms. The molecule has 0 spiro atoms. The monoisotopic (exact) mass is 419 g/mol. The number of nitrogens with zero attached hydrogens (tertiary/aromatic N) is 2. The van der Waals surface area contributed by atoms with Gasteiger partial charge < -0.3 is 10.2 Å². The SMILES string of the molecule is C=C(C(NC(=O)C1CCC(CC)CN1C)C(C)C)N(C)C(/C=C(\C)C(C)=O)C(C)C. The molecule has 0 saturated carbocycles. The average molecular weight is 420 g/mol. The van der Waals surface area contributed by atoms with Gasteiger partial charge in [0.05, 0.1) is 12.1 Å². The number of piperidine rings is 1. The lowest BCUT2D eigenvalue weighted by atomic mass is 9.90. The van der Waals surface area contributed by atoms with E-state index in [1.54, 1.807) is 6.92 Å². The number of carbonyl (C=O) groups excluding carboxylic acids is 2. The molecule has 1 amide bonds. The zero-order valence-electron chi connectivity index (χ0n) is 20.8. The Labute approximate surface area is 185 Å². The van der Waals surface area contributed by atoms with E-state index in [4.69, 9.17) is 0 Å². The number of hydrogen-bond acceptors (Lipinski definition) is 4. The number of nitrogens with one attached hydrogen (secondary N) is 1. The number of amides is 1. The fourth-order valence-electron chi connectivity index (χ4n) is 4.32. The Morgan fingerprint density at radius 1 is 1.17 bits per heavy atom. The molecule has 172 valence electrons. The van der Waals surface area contributed by atoms with Crippen LogP contribution in [0.25, 0.3) is 0 Å². The lowest BCUT2D eigenvalue weighted by Gasteiger charge is -2.40. The van der Waals surface area contributed by atoms with E-state index in [2.05, 4.69) is 63.4 Å². The van der Waals surface area contributed by atoms with E-state index in [-0.39, 0.29) is 35.7 Å². The summed E-state index contributed by atoms with van der Waals surface area (Å²) < 4.78 is 0. The number of carbonyl (C=O) groups is 2. The quantitative estimate of drug-likeness (QED) is 0.538. The maximum Gasteiger partial charge on any atom is 0.237 e. The van der Waals surface area contributed by atoms with E-state index in [0.717, 1.165) is 30.7 Å². The van der Waals surface area contributed by atoms with Gasteiger partial charge in [-0.3, -0.25) is 14.5 Å². The van der Waals surface area contributed by atoms with Crippen molar-refractivity contribution in [3.8, 4) is 0 Å². The first-order valence-electron chi connectivity index (χ1n) is 11.5. The zero-order chi connectivity index (χ0) is 23.2. The summed E-state index contributed by atoms with van der Waals surface area (Å²) in [5.74, 6) is 1.38. The van der Waals surface area contributed by atoms with Gasteiger partial charge in [-0.15, -0.1) is 0 Å². The van der Waals surface area contributed by atoms with Crippen LogP contribution in [-0.2, 0) is 9.59 Å². The van der Waals surface area contributed by atoms with Crippen molar-refractivity contribution in [2.75, 3.05) is 20.6 Å². The maximum atomic E-state index is 13.1. The van der Waals surface area contributed by atoms with E-state index in [0.29, 0.717) is 11.8 Å². The summed E-state index contributed by atoms with van der Waals surface area (Å²) in [6, 6.07) is -0.179. The molecular weight excluding hydrogens is 374 g/mol. The van der Waals surface area contributed by atoms with Crippen LogP contribution in [0.5, 0.6) is 0 Å². The molecule has 0 aliphatic carbocycles. The van der Waals surface area contributed by atoms with Crippen molar-refractivity contribution in [2.24, 2.45) is 17.8 Å².